The zero-order chi connectivity index (χ0) is 10.7. The van der Waals surface area contributed by atoms with E-state index in [4.69, 9.17) is 5.73 Å². The van der Waals surface area contributed by atoms with Gasteiger partial charge in [-0.15, -0.1) is 0 Å². The van der Waals surface area contributed by atoms with Crippen molar-refractivity contribution in [3.63, 3.8) is 0 Å². The smallest absolute Gasteiger partial charge is 0.115 e. The van der Waals surface area contributed by atoms with E-state index in [0.29, 0.717) is 5.69 Å². The number of rotatable bonds is 2. The van der Waals surface area contributed by atoms with Crippen molar-refractivity contribution in [2.75, 3.05) is 5.73 Å². The molecule has 76 valence electrons. The summed E-state index contributed by atoms with van der Waals surface area (Å²) in [6.45, 7) is 0. The molecule has 0 aliphatic rings. The maximum Gasteiger partial charge on any atom is 0.115 e. The molecule has 0 saturated heterocycles. The zero-order valence-electron chi connectivity index (χ0n) is 7.85. The van der Waals surface area contributed by atoms with Crippen LogP contribution in [0.4, 0.5) is 5.69 Å². The molecule has 2 N–H and O–H groups in total. The van der Waals surface area contributed by atoms with Gasteiger partial charge in [0.25, 0.3) is 0 Å². The first kappa shape index (κ1) is 10.5. The SMILES string of the molecule is Nc1cnc(Sc2ccccc2)c(Br)c1. The Bertz CT molecular complexity index is 459. The van der Waals surface area contributed by atoms with Gasteiger partial charge in [-0.2, -0.15) is 0 Å². The number of aromatic nitrogens is 1. The van der Waals surface area contributed by atoms with Gasteiger partial charge in [-0.1, -0.05) is 30.0 Å². The van der Waals surface area contributed by atoms with E-state index in [1.54, 1.807) is 18.0 Å². The molecule has 2 rings (SSSR count). The van der Waals surface area contributed by atoms with Crippen LogP contribution in [0.2, 0.25) is 0 Å². The maximum absolute atomic E-state index is 5.62. The summed E-state index contributed by atoms with van der Waals surface area (Å²) in [4.78, 5) is 5.43. The Kier molecular flexibility index (Phi) is 3.28. The van der Waals surface area contributed by atoms with Gasteiger partial charge >= 0.3 is 0 Å². The summed E-state index contributed by atoms with van der Waals surface area (Å²) in [5.74, 6) is 0. The summed E-state index contributed by atoms with van der Waals surface area (Å²) in [6, 6.07) is 12.0. The second kappa shape index (κ2) is 4.68. The van der Waals surface area contributed by atoms with Crippen LogP contribution in [0, 0.1) is 0 Å². The van der Waals surface area contributed by atoms with Gasteiger partial charge in [0.15, 0.2) is 0 Å². The van der Waals surface area contributed by atoms with Gasteiger partial charge in [-0.25, -0.2) is 4.98 Å². The van der Waals surface area contributed by atoms with E-state index in [1.807, 2.05) is 24.3 Å². The first-order valence-electron chi connectivity index (χ1n) is 4.39. The third-order valence-corrected chi connectivity index (χ3v) is 3.68. The number of nitrogens with two attached hydrogens (primary N) is 1. The van der Waals surface area contributed by atoms with Gasteiger partial charge in [0, 0.05) is 4.90 Å². The summed E-state index contributed by atoms with van der Waals surface area (Å²) < 4.78 is 0.927. The van der Waals surface area contributed by atoms with Crippen molar-refractivity contribution in [2.24, 2.45) is 0 Å². The highest BCUT2D eigenvalue weighted by molar-refractivity contribution is 9.10. The third-order valence-electron chi connectivity index (χ3n) is 1.79. The van der Waals surface area contributed by atoms with E-state index in [1.165, 1.54) is 0 Å². The third kappa shape index (κ3) is 2.73. The lowest BCUT2D eigenvalue weighted by Crippen LogP contribution is -1.88. The standard InChI is InChI=1S/C11H9BrN2S/c12-10-6-8(13)7-14-11(10)15-9-4-2-1-3-5-9/h1-7H,13H2. The summed E-state index contributed by atoms with van der Waals surface area (Å²) in [7, 11) is 0. The first-order valence-corrected chi connectivity index (χ1v) is 6.00. The molecule has 0 amide bonds. The van der Waals surface area contributed by atoms with Crippen molar-refractivity contribution in [2.45, 2.75) is 9.92 Å². The van der Waals surface area contributed by atoms with E-state index in [0.717, 1.165) is 14.4 Å². The fraction of sp³-hybridized carbons (Fsp3) is 0. The molecule has 1 heterocycles. The highest BCUT2D eigenvalue weighted by Gasteiger charge is 2.03. The Morgan fingerprint density at radius 1 is 1.20 bits per heavy atom. The summed E-state index contributed by atoms with van der Waals surface area (Å²) in [6.07, 6.45) is 1.66. The first-order chi connectivity index (χ1) is 7.25. The van der Waals surface area contributed by atoms with Crippen molar-refractivity contribution in [1.29, 1.82) is 0 Å². The molecule has 0 aliphatic heterocycles. The predicted octanol–water partition coefficient (Wildman–Crippen LogP) is 3.58. The van der Waals surface area contributed by atoms with Gasteiger partial charge < -0.3 is 5.73 Å². The number of hydrogen-bond donors (Lipinski definition) is 1. The molecule has 1 aromatic heterocycles. The lowest BCUT2D eigenvalue weighted by atomic mass is 10.4. The van der Waals surface area contributed by atoms with E-state index in [9.17, 15) is 0 Å². The molecular formula is C11H9BrN2S. The largest absolute Gasteiger partial charge is 0.397 e. The Balaban J connectivity index is 2.25. The van der Waals surface area contributed by atoms with Crippen LogP contribution < -0.4 is 5.73 Å². The van der Waals surface area contributed by atoms with Crippen molar-refractivity contribution >= 4 is 33.4 Å². The number of halogens is 1. The molecule has 0 spiro atoms. The van der Waals surface area contributed by atoms with Crippen molar-refractivity contribution in [3.8, 4) is 0 Å². The van der Waals surface area contributed by atoms with Crippen molar-refractivity contribution in [3.05, 3.63) is 47.1 Å². The quantitative estimate of drug-likeness (QED) is 0.914. The number of anilines is 1. The van der Waals surface area contributed by atoms with Crippen LogP contribution in [0.5, 0.6) is 0 Å². The molecule has 2 aromatic rings. The molecule has 0 bridgehead atoms. The van der Waals surface area contributed by atoms with E-state index < -0.39 is 0 Å². The minimum Gasteiger partial charge on any atom is -0.397 e. The fourth-order valence-electron chi connectivity index (χ4n) is 1.12. The van der Waals surface area contributed by atoms with E-state index in [2.05, 4.69) is 33.0 Å². The molecule has 1 aromatic carbocycles. The average molecular weight is 281 g/mol. The maximum atomic E-state index is 5.62. The molecule has 0 aliphatic carbocycles. The van der Waals surface area contributed by atoms with Crippen LogP contribution in [0.1, 0.15) is 0 Å². The van der Waals surface area contributed by atoms with Gasteiger partial charge in [0.05, 0.1) is 16.4 Å². The Labute approximate surface area is 101 Å². The Morgan fingerprint density at radius 3 is 2.60 bits per heavy atom. The minimum atomic E-state index is 0.666. The average Bonchev–Trinajstić information content (AvgIpc) is 2.24. The Morgan fingerprint density at radius 2 is 1.93 bits per heavy atom. The normalized spacial score (nSPS) is 10.2. The zero-order valence-corrected chi connectivity index (χ0v) is 10.3. The number of nitrogens with zero attached hydrogens (tertiary/aromatic N) is 1. The summed E-state index contributed by atoms with van der Waals surface area (Å²) in [5, 5.41) is 0.926. The molecule has 2 nitrogen and oxygen atoms in total. The topological polar surface area (TPSA) is 38.9 Å². The Hall–Kier alpha value is -1.00. The molecule has 0 atom stereocenters. The lowest BCUT2D eigenvalue weighted by Gasteiger charge is -2.03. The monoisotopic (exact) mass is 280 g/mol. The minimum absolute atomic E-state index is 0.666. The summed E-state index contributed by atoms with van der Waals surface area (Å²) in [5.41, 5.74) is 6.29. The number of hydrogen-bond acceptors (Lipinski definition) is 3. The second-order valence-electron chi connectivity index (χ2n) is 2.97. The van der Waals surface area contributed by atoms with E-state index in [-0.39, 0.29) is 0 Å². The second-order valence-corrected chi connectivity index (χ2v) is 4.89. The molecule has 4 heteroatoms. The molecule has 0 saturated carbocycles. The predicted molar refractivity (Wildman–Crippen MR) is 66.9 cm³/mol. The highest BCUT2D eigenvalue weighted by atomic mass is 79.9. The molecule has 15 heavy (non-hydrogen) atoms. The number of nitrogen functional groups attached to an aromatic ring is 1. The van der Waals surface area contributed by atoms with Crippen LogP contribution in [0.3, 0.4) is 0 Å². The summed E-state index contributed by atoms with van der Waals surface area (Å²) >= 11 is 5.05. The fourth-order valence-corrected chi connectivity index (χ4v) is 2.50. The number of pyridine rings is 1. The van der Waals surface area contributed by atoms with Crippen LogP contribution in [0.15, 0.2) is 57.0 Å². The van der Waals surface area contributed by atoms with Crippen molar-refractivity contribution in [1.82, 2.24) is 4.98 Å². The van der Waals surface area contributed by atoms with Crippen LogP contribution in [0.25, 0.3) is 0 Å². The van der Waals surface area contributed by atoms with Gasteiger partial charge in [0.1, 0.15) is 5.03 Å². The van der Waals surface area contributed by atoms with Crippen LogP contribution in [-0.2, 0) is 0 Å². The van der Waals surface area contributed by atoms with Gasteiger partial charge in [-0.3, -0.25) is 0 Å². The molecule has 0 fully saturated rings. The molecule has 0 radical (unpaired) electrons. The van der Waals surface area contributed by atoms with Gasteiger partial charge in [-0.05, 0) is 34.1 Å². The highest BCUT2D eigenvalue weighted by Crippen LogP contribution is 2.32. The van der Waals surface area contributed by atoms with Crippen LogP contribution in [-0.4, -0.2) is 4.98 Å². The van der Waals surface area contributed by atoms with Crippen LogP contribution >= 0.6 is 27.7 Å². The number of benzene rings is 1. The lowest BCUT2D eigenvalue weighted by molar-refractivity contribution is 1.11. The molecular weight excluding hydrogens is 272 g/mol. The van der Waals surface area contributed by atoms with Crippen molar-refractivity contribution < 1.29 is 0 Å². The molecule has 0 unspecified atom stereocenters. The van der Waals surface area contributed by atoms with Gasteiger partial charge in [0.2, 0.25) is 0 Å². The van der Waals surface area contributed by atoms with E-state index >= 15 is 0 Å².